The fourth-order valence-electron chi connectivity index (χ4n) is 13.6. The van der Waals surface area contributed by atoms with Crippen molar-refractivity contribution in [3.8, 4) is 33.6 Å². The number of carbonyl (C=O) groups excluding carboxylic acids is 4. The number of aromatic nitrogens is 3. The standard InChI is InChI=1S/C53H65N9O8S/c1-26(2)45(58-52(65)69-5)50(63)61-19-7-9-38(61)48-55-25-37(57-48)34-17-16-33(41-28-11-12-29(21-28)42(34)41)35-24-54-47(44-31-14-13-30(22-31)43(35)44)32-15-18-40-36(23-32)56-49(60-71(40,67)68)39-10-8-20-62(39)51(64)46(27(3)4)59-53(66)70-6/h15-18,23-31,38-39,45-46,49,56,60H,7-14,19-22H2,1-6H3,(H,55,57)(H,58,65)(H,59,66). The van der Waals surface area contributed by atoms with Gasteiger partial charge in [0.15, 0.2) is 0 Å². The highest BCUT2D eigenvalue weighted by molar-refractivity contribution is 7.89. The summed E-state index contributed by atoms with van der Waals surface area (Å²) in [5, 5.41) is 8.91. The fourth-order valence-corrected chi connectivity index (χ4v) is 14.9. The summed E-state index contributed by atoms with van der Waals surface area (Å²) >= 11 is 0. The van der Waals surface area contributed by atoms with Gasteiger partial charge in [-0.15, -0.1) is 0 Å². The van der Waals surface area contributed by atoms with Gasteiger partial charge in [-0.25, -0.2) is 23.0 Å². The lowest BCUT2D eigenvalue weighted by Crippen LogP contribution is -2.60. The van der Waals surface area contributed by atoms with Gasteiger partial charge < -0.3 is 40.2 Å². The van der Waals surface area contributed by atoms with Gasteiger partial charge in [0.05, 0.1) is 49.6 Å². The third kappa shape index (κ3) is 8.03. The molecule has 4 amide bonds. The molecule has 2 saturated heterocycles. The van der Waals surface area contributed by atoms with E-state index in [1.807, 2.05) is 50.9 Å². The predicted molar refractivity (Wildman–Crippen MR) is 266 cm³/mol. The number of hydrogen-bond acceptors (Lipinski definition) is 11. The highest BCUT2D eigenvalue weighted by Gasteiger charge is 2.47. The van der Waals surface area contributed by atoms with Crippen molar-refractivity contribution in [1.29, 1.82) is 0 Å². The lowest BCUT2D eigenvalue weighted by molar-refractivity contribution is -0.136. The van der Waals surface area contributed by atoms with E-state index >= 15 is 0 Å². The SMILES string of the molecule is COC(=O)NC(C(=O)N1CCCC1c1ncc(-c2ccc(-c3cnc(-c4ccc5c(c4)NC(C4CCCN4C(=O)C(NC(=O)OC)C(C)C)NS5(=O)=O)c4c3C3CCC4C3)c3c2C2CCC3C2)[nH]1)C(C)C. The molecule has 0 spiro atoms. The molecule has 9 unspecified atom stereocenters. The van der Waals surface area contributed by atoms with Crippen LogP contribution in [0.15, 0.2) is 47.6 Å². The van der Waals surface area contributed by atoms with E-state index in [0.29, 0.717) is 55.3 Å². The molecule has 17 nitrogen and oxygen atoms in total. The van der Waals surface area contributed by atoms with Gasteiger partial charge in [0.1, 0.15) is 29.0 Å². The Hall–Kier alpha value is -6.01. The largest absolute Gasteiger partial charge is 0.453 e. The van der Waals surface area contributed by atoms with Gasteiger partial charge in [-0.05, 0) is 140 Å². The van der Waals surface area contributed by atoms with Crippen molar-refractivity contribution < 1.29 is 37.1 Å². The number of likely N-dealkylation sites (tertiary alicyclic amines) is 2. The Morgan fingerprint density at radius 3 is 1.92 bits per heavy atom. The molecule has 9 atom stereocenters. The van der Waals surface area contributed by atoms with Gasteiger partial charge in [-0.3, -0.25) is 14.6 Å². The van der Waals surface area contributed by atoms with Crippen LogP contribution in [0.1, 0.15) is 150 Å². The number of methoxy groups -OCH3 is 2. The lowest BCUT2D eigenvalue weighted by atomic mass is 9.79. The van der Waals surface area contributed by atoms with Crippen LogP contribution < -0.4 is 20.7 Å². The van der Waals surface area contributed by atoms with Gasteiger partial charge >= 0.3 is 12.2 Å². The average Bonchev–Trinajstić information content (AvgIpc) is 4.23. The number of amides is 4. The number of H-pyrrole nitrogens is 1. The molecule has 2 aromatic carbocycles. The molecule has 7 aliphatic rings. The van der Waals surface area contributed by atoms with Gasteiger partial charge in [-0.2, -0.15) is 4.72 Å². The number of anilines is 1. The molecule has 5 N–H and O–H groups in total. The summed E-state index contributed by atoms with van der Waals surface area (Å²) in [7, 11) is -1.39. The van der Waals surface area contributed by atoms with E-state index in [1.54, 1.807) is 11.0 Å². The second kappa shape index (κ2) is 18.2. The molecule has 4 bridgehead atoms. The Labute approximate surface area is 415 Å². The molecular weight excluding hydrogens is 923 g/mol. The molecular formula is C53H65N9O8S. The molecule has 4 aromatic rings. The van der Waals surface area contributed by atoms with E-state index < -0.39 is 46.5 Å². The quantitative estimate of drug-likeness (QED) is 0.0971. The maximum atomic E-state index is 14.0. The van der Waals surface area contributed by atoms with E-state index in [9.17, 15) is 27.6 Å². The Kier molecular flexibility index (Phi) is 12.2. The first-order valence-corrected chi connectivity index (χ1v) is 27.1. The number of carbonyl (C=O) groups is 4. The van der Waals surface area contributed by atoms with E-state index in [4.69, 9.17) is 19.4 Å². The minimum absolute atomic E-state index is 0.124. The number of ether oxygens (including phenoxy) is 2. The molecule has 4 fully saturated rings. The van der Waals surface area contributed by atoms with Crippen molar-refractivity contribution in [2.45, 2.75) is 151 Å². The van der Waals surface area contributed by atoms with Crippen LogP contribution in [0.4, 0.5) is 15.3 Å². The number of fused-ring (bicyclic) bond motifs is 11. The van der Waals surface area contributed by atoms with Crippen LogP contribution in [0.5, 0.6) is 0 Å². The summed E-state index contributed by atoms with van der Waals surface area (Å²) in [6.07, 6.45) is 11.5. The van der Waals surface area contributed by atoms with Gasteiger partial charge in [0.2, 0.25) is 21.8 Å². The van der Waals surface area contributed by atoms with Crippen molar-refractivity contribution in [2.75, 3.05) is 32.6 Å². The van der Waals surface area contributed by atoms with Gasteiger partial charge in [0.25, 0.3) is 0 Å². The Morgan fingerprint density at radius 2 is 1.27 bits per heavy atom. The number of aromatic amines is 1. The molecule has 2 aromatic heterocycles. The van der Waals surface area contributed by atoms with Crippen LogP contribution in [0.2, 0.25) is 0 Å². The van der Waals surface area contributed by atoms with E-state index in [-0.39, 0.29) is 34.6 Å². The number of benzene rings is 2. The molecule has 2 saturated carbocycles. The molecule has 18 heteroatoms. The summed E-state index contributed by atoms with van der Waals surface area (Å²) in [6, 6.07) is 7.74. The number of sulfonamides is 1. The van der Waals surface area contributed by atoms with Gasteiger partial charge in [-0.1, -0.05) is 45.9 Å². The maximum Gasteiger partial charge on any atom is 0.407 e. The van der Waals surface area contributed by atoms with Crippen molar-refractivity contribution >= 4 is 39.7 Å². The molecule has 71 heavy (non-hydrogen) atoms. The Balaban J connectivity index is 0.905. The van der Waals surface area contributed by atoms with Crippen LogP contribution in [-0.2, 0) is 29.1 Å². The number of nitrogens with zero attached hydrogens (tertiary/aromatic N) is 4. The number of alkyl carbamates (subject to hydrolysis) is 2. The lowest BCUT2D eigenvalue weighted by Gasteiger charge is -2.38. The number of imidazole rings is 1. The second-order valence-corrected chi connectivity index (χ2v) is 23.2. The van der Waals surface area contributed by atoms with Crippen LogP contribution in [0.3, 0.4) is 0 Å². The van der Waals surface area contributed by atoms with Crippen LogP contribution in [-0.4, -0.2) is 109 Å². The second-order valence-electron chi connectivity index (χ2n) is 21.5. The fraction of sp³-hybridized carbons (Fsp3) is 0.547. The van der Waals surface area contributed by atoms with Crippen molar-refractivity contribution in [2.24, 2.45) is 11.8 Å². The first kappa shape index (κ1) is 47.3. The molecule has 11 rings (SSSR count). The summed E-state index contributed by atoms with van der Waals surface area (Å²) in [5.41, 5.74) is 12.2. The molecule has 376 valence electrons. The minimum Gasteiger partial charge on any atom is -0.453 e. The molecule has 4 aliphatic carbocycles. The normalized spacial score (nSPS) is 26.2. The van der Waals surface area contributed by atoms with Crippen LogP contribution in [0, 0.1) is 11.8 Å². The smallest absolute Gasteiger partial charge is 0.407 e. The third-order valence-electron chi connectivity index (χ3n) is 16.9. The summed E-state index contributed by atoms with van der Waals surface area (Å²) in [6.45, 7) is 8.57. The zero-order valence-corrected chi connectivity index (χ0v) is 42.2. The average molecular weight is 988 g/mol. The van der Waals surface area contributed by atoms with E-state index in [2.05, 4.69) is 44.0 Å². The number of pyridine rings is 1. The first-order chi connectivity index (χ1) is 34.1. The number of hydrogen-bond donors (Lipinski definition) is 5. The summed E-state index contributed by atoms with van der Waals surface area (Å²) in [5.74, 6) is 1.64. The topological polar surface area (TPSA) is 217 Å². The summed E-state index contributed by atoms with van der Waals surface area (Å²) in [4.78, 5) is 69.9. The first-order valence-electron chi connectivity index (χ1n) is 25.6. The third-order valence-corrected chi connectivity index (χ3v) is 18.4. The number of nitrogens with one attached hydrogen (secondary N) is 5. The molecule has 0 radical (unpaired) electrons. The van der Waals surface area contributed by atoms with Crippen LogP contribution >= 0.6 is 0 Å². The van der Waals surface area contributed by atoms with Crippen molar-refractivity contribution in [3.63, 3.8) is 0 Å². The minimum atomic E-state index is -3.95. The Bertz CT molecular complexity index is 2940. The maximum absolute atomic E-state index is 14.0. The molecule has 5 heterocycles. The molecule has 3 aliphatic heterocycles. The highest BCUT2D eigenvalue weighted by Crippen LogP contribution is 2.62. The Morgan fingerprint density at radius 1 is 0.690 bits per heavy atom. The van der Waals surface area contributed by atoms with Crippen LogP contribution in [0.25, 0.3) is 33.6 Å². The monoisotopic (exact) mass is 987 g/mol. The van der Waals surface area contributed by atoms with Crippen molar-refractivity contribution in [1.82, 2.24) is 40.1 Å². The number of rotatable bonds is 11. The zero-order valence-electron chi connectivity index (χ0n) is 41.3. The zero-order chi connectivity index (χ0) is 49.6. The predicted octanol–water partition coefficient (Wildman–Crippen LogP) is 7.98. The van der Waals surface area contributed by atoms with Gasteiger partial charge in [0, 0.05) is 36.0 Å². The highest BCUT2D eigenvalue weighted by atomic mass is 32.2. The van der Waals surface area contributed by atoms with E-state index in [1.165, 1.54) is 47.6 Å². The van der Waals surface area contributed by atoms with Crippen molar-refractivity contribution in [3.05, 3.63) is 70.8 Å². The summed E-state index contributed by atoms with van der Waals surface area (Å²) < 4.78 is 40.4. The van der Waals surface area contributed by atoms with E-state index in [0.717, 1.165) is 79.7 Å².